The van der Waals surface area contributed by atoms with E-state index in [0.717, 1.165) is 12.1 Å². The fourth-order valence-electron chi connectivity index (χ4n) is 3.88. The first-order valence-corrected chi connectivity index (χ1v) is 15.3. The molecule has 1 amide bonds. The monoisotopic (exact) mass is 592 g/mol. The molecule has 8 nitrogen and oxygen atoms in total. The van der Waals surface area contributed by atoms with E-state index in [1.165, 1.54) is 23.3 Å². The Morgan fingerprint density at radius 2 is 1.55 bits per heavy atom. The Hall–Kier alpha value is -2.91. The van der Waals surface area contributed by atoms with Crippen LogP contribution in [0.25, 0.3) is 21.9 Å². The molecular formula is C26H23Cl2N2O6PS. The maximum Gasteiger partial charge on any atom is 0.345 e. The van der Waals surface area contributed by atoms with Crippen LogP contribution in [0.5, 0.6) is 0 Å². The number of nitrogens with zero attached hydrogens (tertiary/aromatic N) is 1. The summed E-state index contributed by atoms with van der Waals surface area (Å²) in [6.07, 6.45) is -1.19. The van der Waals surface area contributed by atoms with Gasteiger partial charge in [-0.15, -0.1) is 0 Å². The lowest BCUT2D eigenvalue weighted by Crippen LogP contribution is -2.35. The highest BCUT2D eigenvalue weighted by Crippen LogP contribution is 2.43. The Bertz CT molecular complexity index is 1650. The molecule has 2 aliphatic rings. The summed E-state index contributed by atoms with van der Waals surface area (Å²) in [5, 5.41) is 3.54. The fraction of sp³-hybridized carbons (Fsp3) is 0.115. The number of rotatable bonds is 7. The third kappa shape index (κ3) is 6.38. The molecule has 198 valence electrons. The first-order chi connectivity index (χ1) is 17.9. The highest BCUT2D eigenvalue weighted by molar-refractivity contribution is 7.93. The van der Waals surface area contributed by atoms with Gasteiger partial charge >= 0.3 is 7.60 Å². The van der Waals surface area contributed by atoms with Crippen LogP contribution < -0.4 is 9.62 Å². The van der Waals surface area contributed by atoms with Crippen molar-refractivity contribution < 1.29 is 27.6 Å². The number of carbonyl (C=O) groups excluding carboxylic acids is 1. The van der Waals surface area contributed by atoms with Gasteiger partial charge < -0.3 is 15.1 Å². The summed E-state index contributed by atoms with van der Waals surface area (Å²) >= 11 is 11.9. The number of benzene rings is 4. The van der Waals surface area contributed by atoms with Crippen LogP contribution in [0.15, 0.2) is 83.8 Å². The molecule has 0 spiro atoms. The summed E-state index contributed by atoms with van der Waals surface area (Å²) in [6, 6.07) is 21.7. The van der Waals surface area contributed by atoms with Gasteiger partial charge in [0.25, 0.3) is 15.9 Å². The number of halogens is 2. The Morgan fingerprint density at radius 1 is 0.921 bits per heavy atom. The second-order valence-corrected chi connectivity index (χ2v) is 12.7. The highest BCUT2D eigenvalue weighted by Gasteiger charge is 2.35. The molecule has 38 heavy (non-hydrogen) atoms. The predicted molar refractivity (Wildman–Crippen MR) is 150 cm³/mol. The second kappa shape index (κ2) is 11.1. The zero-order valence-electron chi connectivity index (χ0n) is 20.0. The van der Waals surface area contributed by atoms with Gasteiger partial charge in [-0.25, -0.2) is 8.42 Å². The van der Waals surface area contributed by atoms with Gasteiger partial charge in [0, 0.05) is 22.0 Å². The van der Waals surface area contributed by atoms with Crippen LogP contribution in [0, 0.1) is 0 Å². The normalized spacial score (nSPS) is 11.9. The SMILES string of the molecule is CCNC(=O)c1ccc2ccccc2c1N(CP(=O)(O)O)S(=O)(=O)c1cc(Cl)cc(Cl)c1.c1cc2cc-2c1. The molecule has 5 rings (SSSR count). The van der Waals surface area contributed by atoms with E-state index in [9.17, 15) is 27.6 Å². The minimum atomic E-state index is -4.92. The zero-order chi connectivity index (χ0) is 27.7. The quantitative estimate of drug-likeness (QED) is 0.202. The first-order valence-electron chi connectivity index (χ1n) is 11.3. The molecule has 0 radical (unpaired) electrons. The average Bonchev–Trinajstić information content (AvgIpc) is 3.45. The standard InChI is InChI=1S/C20H19Cl2N2O6PS.C6H4/c1-2-23-20(25)18-8-7-13-5-3-4-6-17(13)19(18)24(12-31(26,27)28)32(29,30)16-10-14(21)9-15(22)11-16;1-2-5-4-6(5)3-1/h3-11H,2,12H2,1H3,(H,23,25)(H2,26,27,28);1-4H. The van der Waals surface area contributed by atoms with Gasteiger partial charge in [0.1, 0.15) is 6.29 Å². The molecule has 0 saturated heterocycles. The van der Waals surface area contributed by atoms with E-state index in [2.05, 4.69) is 29.6 Å². The molecule has 0 fully saturated rings. The van der Waals surface area contributed by atoms with Crippen molar-refractivity contribution in [1.82, 2.24) is 5.32 Å². The molecule has 0 bridgehead atoms. The van der Waals surface area contributed by atoms with Gasteiger partial charge in [-0.3, -0.25) is 13.7 Å². The summed E-state index contributed by atoms with van der Waals surface area (Å²) in [4.78, 5) is 31.9. The Morgan fingerprint density at radius 3 is 2.08 bits per heavy atom. The third-order valence-electron chi connectivity index (χ3n) is 5.58. The van der Waals surface area contributed by atoms with E-state index >= 15 is 0 Å². The number of hydrogen-bond acceptors (Lipinski definition) is 4. The van der Waals surface area contributed by atoms with E-state index < -0.39 is 29.8 Å². The maximum absolute atomic E-state index is 13.6. The van der Waals surface area contributed by atoms with Gasteiger partial charge in [0.05, 0.1) is 16.1 Å². The fourth-order valence-corrected chi connectivity index (χ4v) is 7.31. The van der Waals surface area contributed by atoms with Crippen LogP contribution in [-0.4, -0.2) is 36.9 Å². The summed E-state index contributed by atoms with van der Waals surface area (Å²) in [5.74, 6) is -0.594. The van der Waals surface area contributed by atoms with Crippen molar-refractivity contribution in [2.45, 2.75) is 11.8 Å². The molecule has 0 atom stereocenters. The second-order valence-electron chi connectivity index (χ2n) is 8.39. The molecule has 3 aromatic carbocycles. The van der Waals surface area contributed by atoms with E-state index in [0.29, 0.717) is 15.1 Å². The Kier molecular flexibility index (Phi) is 8.18. The number of amides is 1. The number of fused-ring (bicyclic) bond motifs is 2. The van der Waals surface area contributed by atoms with Crippen molar-refractivity contribution in [3.05, 3.63) is 94.5 Å². The van der Waals surface area contributed by atoms with Crippen LogP contribution in [0.4, 0.5) is 5.69 Å². The minimum absolute atomic E-state index is 0.0223. The van der Waals surface area contributed by atoms with Crippen molar-refractivity contribution in [3.63, 3.8) is 0 Å². The molecule has 0 aromatic heterocycles. The number of hydrogen-bond donors (Lipinski definition) is 3. The van der Waals surface area contributed by atoms with E-state index in [-0.39, 0.29) is 32.7 Å². The van der Waals surface area contributed by atoms with Crippen molar-refractivity contribution >= 4 is 63.2 Å². The molecule has 0 heterocycles. The van der Waals surface area contributed by atoms with E-state index in [1.54, 1.807) is 37.3 Å². The van der Waals surface area contributed by atoms with Crippen molar-refractivity contribution in [2.75, 3.05) is 17.1 Å². The number of anilines is 1. The topological polar surface area (TPSA) is 124 Å². The summed E-state index contributed by atoms with van der Waals surface area (Å²) < 4.78 is 39.8. The van der Waals surface area contributed by atoms with Crippen molar-refractivity contribution in [3.8, 4) is 11.1 Å². The average molecular weight is 593 g/mol. The molecule has 0 unspecified atom stereocenters. The Balaban J connectivity index is 0.000000483. The van der Waals surface area contributed by atoms with Crippen LogP contribution in [0.2, 0.25) is 10.0 Å². The number of carbonyl (C=O) groups is 1. The van der Waals surface area contributed by atoms with Gasteiger partial charge in [-0.1, -0.05) is 71.7 Å². The molecular weight excluding hydrogens is 570 g/mol. The molecule has 2 aliphatic carbocycles. The lowest BCUT2D eigenvalue weighted by Gasteiger charge is -2.28. The first kappa shape index (κ1) is 28.1. The van der Waals surface area contributed by atoms with Crippen molar-refractivity contribution in [2.24, 2.45) is 0 Å². The van der Waals surface area contributed by atoms with Gasteiger partial charge in [-0.05, 0) is 53.8 Å². The van der Waals surface area contributed by atoms with E-state index in [4.69, 9.17) is 23.2 Å². The predicted octanol–water partition coefficient (Wildman–Crippen LogP) is 5.89. The highest BCUT2D eigenvalue weighted by atomic mass is 35.5. The van der Waals surface area contributed by atoms with Crippen LogP contribution in [0.1, 0.15) is 17.3 Å². The number of nitrogens with one attached hydrogen (secondary N) is 1. The summed E-state index contributed by atoms with van der Waals surface area (Å²) in [5.41, 5.74) is 2.63. The third-order valence-corrected chi connectivity index (χ3v) is 8.58. The molecule has 3 N–H and O–H groups in total. The Labute approximate surface area is 230 Å². The molecule has 0 aliphatic heterocycles. The van der Waals surface area contributed by atoms with Gasteiger partial charge in [-0.2, -0.15) is 0 Å². The molecule has 0 saturated carbocycles. The molecule has 3 aromatic rings. The van der Waals surface area contributed by atoms with Crippen LogP contribution in [0.3, 0.4) is 0 Å². The maximum atomic E-state index is 13.6. The van der Waals surface area contributed by atoms with Gasteiger partial charge in [0.2, 0.25) is 0 Å². The largest absolute Gasteiger partial charge is 0.352 e. The van der Waals surface area contributed by atoms with Gasteiger partial charge in [0.15, 0.2) is 0 Å². The summed E-state index contributed by atoms with van der Waals surface area (Å²) in [7, 11) is -9.52. The minimum Gasteiger partial charge on any atom is -0.352 e. The molecule has 12 heteroatoms. The van der Waals surface area contributed by atoms with Crippen LogP contribution >= 0.6 is 30.8 Å². The van der Waals surface area contributed by atoms with Crippen LogP contribution in [-0.2, 0) is 14.6 Å². The summed E-state index contributed by atoms with van der Waals surface area (Å²) in [6.45, 7) is 1.96. The van der Waals surface area contributed by atoms with E-state index in [1.807, 2.05) is 0 Å². The number of sulfonamides is 1. The smallest absolute Gasteiger partial charge is 0.345 e. The lowest BCUT2D eigenvalue weighted by molar-refractivity contribution is 0.0956. The lowest BCUT2D eigenvalue weighted by atomic mass is 10.0. The van der Waals surface area contributed by atoms with Crippen molar-refractivity contribution in [1.29, 1.82) is 0 Å². The zero-order valence-corrected chi connectivity index (χ0v) is 23.2.